The van der Waals surface area contributed by atoms with Crippen molar-refractivity contribution in [2.45, 2.75) is 11.8 Å². The molecule has 1 aromatic carbocycles. The molecule has 0 aliphatic heterocycles. The van der Waals surface area contributed by atoms with E-state index < -0.39 is 0 Å². The van der Waals surface area contributed by atoms with Crippen LogP contribution in [0, 0.1) is 0 Å². The van der Waals surface area contributed by atoms with Crippen LogP contribution in [0.4, 0.5) is 5.69 Å². The first-order chi connectivity index (χ1) is 6.24. The molecule has 1 rings (SSSR count). The standard InChI is InChI=1S/C8H11NS.N3/c1-2-9-7-3-5-8(10)6-4-7;1-3-2/h3-6,9-10H,2H2,1H3;/q;-1/p+1. The predicted octanol–water partition coefficient (Wildman–Crippen LogP) is 2.35. The van der Waals surface area contributed by atoms with Gasteiger partial charge in [0.2, 0.25) is 0 Å². The molecule has 0 radical (unpaired) electrons. The van der Waals surface area contributed by atoms with Crippen molar-refractivity contribution in [2.75, 3.05) is 11.9 Å². The van der Waals surface area contributed by atoms with Crippen LogP contribution in [0.2, 0.25) is 0 Å². The highest BCUT2D eigenvalue weighted by molar-refractivity contribution is 7.58. The van der Waals surface area contributed by atoms with E-state index in [1.165, 1.54) is 10.6 Å². The van der Waals surface area contributed by atoms with E-state index in [0.29, 0.717) is 0 Å². The van der Waals surface area contributed by atoms with Gasteiger partial charge in [-0.2, -0.15) is 0 Å². The van der Waals surface area contributed by atoms with Crippen LogP contribution in [0.5, 0.6) is 0 Å². The predicted molar refractivity (Wildman–Crippen MR) is 59.1 cm³/mol. The van der Waals surface area contributed by atoms with E-state index in [-0.39, 0.29) is 0 Å². The molecule has 1 aromatic rings. The van der Waals surface area contributed by atoms with Crippen molar-refractivity contribution in [3.05, 3.63) is 40.2 Å². The first-order valence-corrected chi connectivity index (χ1v) is 4.28. The zero-order valence-corrected chi connectivity index (χ0v) is 8.36. The molecule has 0 atom stereocenters. The fraction of sp³-hybridized carbons (Fsp3) is 0.250. The van der Waals surface area contributed by atoms with Crippen LogP contribution in [0.1, 0.15) is 6.92 Å². The molecule has 0 aliphatic carbocycles. The molecule has 70 valence electrons. The average molecular weight is 196 g/mol. The Bertz CT molecular complexity index is 264. The molecule has 0 aliphatic rings. The van der Waals surface area contributed by atoms with Crippen LogP contribution in [-0.4, -0.2) is 6.54 Å². The number of benzene rings is 1. The van der Waals surface area contributed by atoms with Gasteiger partial charge >= 0.3 is 0 Å². The second-order valence-corrected chi connectivity index (χ2v) is 2.77. The molecule has 0 unspecified atom stereocenters. The van der Waals surface area contributed by atoms with E-state index in [1.807, 2.05) is 24.3 Å². The summed E-state index contributed by atoms with van der Waals surface area (Å²) in [5.74, 6) is 0. The van der Waals surface area contributed by atoms with Crippen molar-refractivity contribution >= 4 is 18.3 Å². The average Bonchev–Trinajstić information content (AvgIpc) is 2.11. The second-order valence-electron chi connectivity index (χ2n) is 2.20. The lowest BCUT2D eigenvalue weighted by Gasteiger charge is -1.99. The van der Waals surface area contributed by atoms with Gasteiger partial charge in [-0.25, -0.2) is 0 Å². The van der Waals surface area contributed by atoms with Gasteiger partial charge in [0.1, 0.15) is 4.90 Å². The molecule has 0 heterocycles. The summed E-state index contributed by atoms with van der Waals surface area (Å²) in [5.41, 5.74) is 14.7. The minimum atomic E-state index is 0.973. The van der Waals surface area contributed by atoms with Gasteiger partial charge in [0.05, 0.1) is 0 Å². The highest BCUT2D eigenvalue weighted by Gasteiger charge is 1.90. The van der Waals surface area contributed by atoms with Gasteiger partial charge in [-0.1, -0.05) is 0 Å². The summed E-state index contributed by atoms with van der Waals surface area (Å²) in [5, 5.41) is 3.21. The first-order valence-electron chi connectivity index (χ1n) is 3.78. The number of rotatable bonds is 2. The number of hydrogen-bond acceptors (Lipinski definition) is 1. The Kier molecular flexibility index (Phi) is 6.59. The summed E-state index contributed by atoms with van der Waals surface area (Å²) in [6.07, 6.45) is 0. The van der Waals surface area contributed by atoms with Crippen LogP contribution in [0.15, 0.2) is 29.2 Å². The third-order valence-corrected chi connectivity index (χ3v) is 1.60. The molecule has 1 N–H and O–H groups in total. The summed E-state index contributed by atoms with van der Waals surface area (Å²) in [6, 6.07) is 8.14. The lowest BCUT2D eigenvalue weighted by Crippen LogP contribution is -1.95. The monoisotopic (exact) mass is 196 g/mol. The van der Waals surface area contributed by atoms with E-state index in [4.69, 9.17) is 11.1 Å². The van der Waals surface area contributed by atoms with E-state index in [0.717, 1.165) is 11.4 Å². The smallest absolute Gasteiger partial charge is 0.150 e. The minimum Gasteiger partial charge on any atom is -0.385 e. The lowest BCUT2D eigenvalue weighted by molar-refractivity contribution is 1.21. The Morgan fingerprint density at radius 1 is 1.31 bits per heavy atom. The van der Waals surface area contributed by atoms with Crippen molar-refractivity contribution in [3.8, 4) is 0 Å². The maximum atomic E-state index is 6.75. The highest BCUT2D eigenvalue weighted by Crippen LogP contribution is 2.07. The quantitative estimate of drug-likeness (QED) is 0.335. The summed E-state index contributed by atoms with van der Waals surface area (Å²) in [6.45, 7) is 3.06. The molecule has 0 aromatic heterocycles. The van der Waals surface area contributed by atoms with E-state index in [2.05, 4.69) is 24.9 Å². The van der Waals surface area contributed by atoms with E-state index >= 15 is 0 Å². The Morgan fingerprint density at radius 3 is 2.15 bits per heavy atom. The largest absolute Gasteiger partial charge is 0.385 e. The molecule has 0 spiro atoms. The van der Waals surface area contributed by atoms with Gasteiger partial charge in [0, 0.05) is 12.2 Å². The van der Waals surface area contributed by atoms with Crippen molar-refractivity contribution in [1.29, 1.82) is 0 Å². The molecule has 13 heavy (non-hydrogen) atoms. The van der Waals surface area contributed by atoms with Gasteiger partial charge in [-0.3, -0.25) is 4.91 Å². The molecule has 0 fully saturated rings. The molecule has 0 saturated heterocycles. The zero-order valence-electron chi connectivity index (χ0n) is 7.36. The number of nitrogens with one attached hydrogen (secondary N) is 1. The Balaban J connectivity index is 0.000000424. The third kappa shape index (κ3) is 5.90. The fourth-order valence-corrected chi connectivity index (χ4v) is 0.959. The van der Waals surface area contributed by atoms with E-state index in [1.54, 1.807) is 0 Å². The van der Waals surface area contributed by atoms with Gasteiger partial charge in [-0.05, 0) is 43.8 Å². The van der Waals surface area contributed by atoms with Crippen LogP contribution in [-0.2, 0) is 12.6 Å². The topological polar surface area (TPSA) is 70.7 Å². The summed E-state index contributed by atoms with van der Waals surface area (Å²) in [7, 11) is 0. The number of nitrogens with zero attached hydrogens (tertiary/aromatic N) is 3. The normalized spacial score (nSPS) is 7.85. The number of hydrogen-bond donors (Lipinski definition) is 1. The van der Waals surface area contributed by atoms with Crippen LogP contribution < -0.4 is 5.32 Å². The Morgan fingerprint density at radius 2 is 1.77 bits per heavy atom. The summed E-state index contributed by atoms with van der Waals surface area (Å²) < 4.78 is 0. The highest BCUT2D eigenvalue weighted by atomic mass is 32.1. The zero-order chi connectivity index (χ0) is 10.1. The Hall–Kier alpha value is -1.32. The van der Waals surface area contributed by atoms with Gasteiger partial charge < -0.3 is 16.4 Å². The fourth-order valence-electron chi connectivity index (χ4n) is 0.792. The van der Waals surface area contributed by atoms with Crippen LogP contribution in [0.3, 0.4) is 0 Å². The Labute approximate surface area is 82.8 Å². The SMILES string of the molecule is CCNc1ccc([SH2+])cc1.[N-]=[N+]=[N-]. The lowest BCUT2D eigenvalue weighted by atomic mass is 10.3. The maximum absolute atomic E-state index is 6.75. The summed E-state index contributed by atoms with van der Waals surface area (Å²) in [4.78, 5) is 2.61. The third-order valence-electron chi connectivity index (χ3n) is 1.27. The molecule has 0 bridgehead atoms. The molecular weight excluding hydrogens is 184 g/mol. The molecule has 0 amide bonds. The van der Waals surface area contributed by atoms with E-state index in [9.17, 15) is 0 Å². The van der Waals surface area contributed by atoms with Gasteiger partial charge in [0.15, 0.2) is 0 Å². The first kappa shape index (κ1) is 11.7. The van der Waals surface area contributed by atoms with Crippen molar-refractivity contribution in [2.24, 2.45) is 0 Å². The maximum Gasteiger partial charge on any atom is 0.150 e. The van der Waals surface area contributed by atoms with Crippen LogP contribution in [0.25, 0.3) is 16.0 Å². The molecule has 4 nitrogen and oxygen atoms in total. The van der Waals surface area contributed by atoms with Gasteiger partial charge in [-0.15, -0.1) is 0 Å². The van der Waals surface area contributed by atoms with Crippen molar-refractivity contribution < 1.29 is 0 Å². The second kappa shape index (κ2) is 7.34. The molecule has 5 heteroatoms. The molecule has 0 saturated carbocycles. The summed E-state index contributed by atoms with van der Waals surface area (Å²) >= 11 is 3.42. The molecular formula is C8H12N4S. The van der Waals surface area contributed by atoms with Crippen LogP contribution >= 0.6 is 0 Å². The van der Waals surface area contributed by atoms with Crippen molar-refractivity contribution in [3.63, 3.8) is 0 Å². The minimum absolute atomic E-state index is 0.973. The van der Waals surface area contributed by atoms with Crippen molar-refractivity contribution in [1.82, 2.24) is 0 Å². The van der Waals surface area contributed by atoms with Gasteiger partial charge in [0.25, 0.3) is 0 Å². The number of anilines is 1.